The molecule has 0 bridgehead atoms. The minimum atomic E-state index is -4.62. The number of rotatable bonds is 4. The third kappa shape index (κ3) is 5.16. The molecule has 1 atom stereocenters. The molecule has 2 aromatic rings. The number of nitrogens with one attached hydrogen (secondary N) is 2. The number of halogens is 5. The lowest BCUT2D eigenvalue weighted by Gasteiger charge is -2.26. The second-order valence-corrected chi connectivity index (χ2v) is 7.04. The van der Waals surface area contributed by atoms with Crippen LogP contribution >= 0.6 is 11.6 Å². The third-order valence-corrected chi connectivity index (χ3v) is 4.79. The molecule has 2 N–H and O–H groups in total. The number of allylic oxidation sites excluding steroid dienone is 1. The number of hydrogen-bond acceptors (Lipinski definition) is 5. The van der Waals surface area contributed by atoms with Crippen LogP contribution in [0.5, 0.6) is 0 Å². The Kier molecular flexibility index (Phi) is 6.54. The summed E-state index contributed by atoms with van der Waals surface area (Å²) < 4.78 is 57.9. The number of alkyl halides is 3. The van der Waals surface area contributed by atoms with Crippen molar-refractivity contribution in [1.82, 2.24) is 5.32 Å². The van der Waals surface area contributed by atoms with Crippen molar-refractivity contribution in [2.24, 2.45) is 4.99 Å². The summed E-state index contributed by atoms with van der Waals surface area (Å²) in [6, 6.07) is 7.91. The van der Waals surface area contributed by atoms with Crippen molar-refractivity contribution in [3.05, 3.63) is 75.7 Å². The molecule has 0 aliphatic carbocycles. The van der Waals surface area contributed by atoms with Crippen LogP contribution in [0.2, 0.25) is 5.02 Å². The van der Waals surface area contributed by atoms with Gasteiger partial charge in [-0.15, -0.1) is 0 Å². The van der Waals surface area contributed by atoms with E-state index in [2.05, 4.69) is 15.6 Å². The van der Waals surface area contributed by atoms with Crippen LogP contribution in [0.1, 0.15) is 31.0 Å². The van der Waals surface area contributed by atoms with E-state index >= 15 is 0 Å². The lowest BCUT2D eigenvalue weighted by Crippen LogP contribution is -2.36. The first-order valence-electron chi connectivity index (χ1n) is 9.22. The van der Waals surface area contributed by atoms with Gasteiger partial charge in [0.15, 0.2) is 0 Å². The first-order chi connectivity index (χ1) is 14.6. The number of carbonyl (C=O) groups is 1. The molecule has 0 saturated heterocycles. The number of ether oxygens (including phenoxy) is 1. The molecule has 2 aromatic carbocycles. The van der Waals surface area contributed by atoms with E-state index in [1.807, 2.05) is 0 Å². The van der Waals surface area contributed by atoms with E-state index in [0.29, 0.717) is 11.3 Å². The second kappa shape index (κ2) is 8.97. The Morgan fingerprint density at radius 2 is 1.90 bits per heavy atom. The Morgan fingerprint density at radius 1 is 1.23 bits per heavy atom. The van der Waals surface area contributed by atoms with Crippen molar-refractivity contribution < 1.29 is 27.1 Å². The average Bonchev–Trinajstić information content (AvgIpc) is 2.69. The van der Waals surface area contributed by atoms with E-state index in [0.717, 1.165) is 12.1 Å². The van der Waals surface area contributed by atoms with Gasteiger partial charge in [0, 0.05) is 11.4 Å². The molecule has 1 heterocycles. The third-order valence-electron chi connectivity index (χ3n) is 4.46. The summed E-state index contributed by atoms with van der Waals surface area (Å²) in [5.74, 6) is -0.954. The largest absolute Gasteiger partial charge is 0.463 e. The standard InChI is InChI=1S/C21H18ClF4N3O2/c1-3-31-19(30)17-11(2)27-20(29-18(17)12-4-6-13(23)7-5-12)28-14-8-9-16(22)15(10-14)21(24,25)26/h4-10,18H,3H2,1-2H3,(H2,27,28,29). The molecule has 31 heavy (non-hydrogen) atoms. The van der Waals surface area contributed by atoms with Gasteiger partial charge in [0.2, 0.25) is 5.96 Å². The Labute approximate surface area is 180 Å². The molecule has 0 aromatic heterocycles. The molecule has 0 fully saturated rings. The fourth-order valence-corrected chi connectivity index (χ4v) is 3.28. The van der Waals surface area contributed by atoms with Crippen LogP contribution in [-0.2, 0) is 15.7 Å². The van der Waals surface area contributed by atoms with Gasteiger partial charge in [-0.3, -0.25) is 0 Å². The second-order valence-electron chi connectivity index (χ2n) is 6.63. The lowest BCUT2D eigenvalue weighted by atomic mass is 9.96. The highest BCUT2D eigenvalue weighted by Gasteiger charge is 2.34. The minimum Gasteiger partial charge on any atom is -0.463 e. The first kappa shape index (κ1) is 22.6. The maximum Gasteiger partial charge on any atom is 0.417 e. The molecular formula is C21H18ClF4N3O2. The van der Waals surface area contributed by atoms with Gasteiger partial charge in [0.05, 0.1) is 22.8 Å². The zero-order valence-electron chi connectivity index (χ0n) is 16.5. The van der Waals surface area contributed by atoms with Crippen LogP contribution in [-0.4, -0.2) is 18.5 Å². The summed E-state index contributed by atoms with van der Waals surface area (Å²) in [5, 5.41) is 5.21. The topological polar surface area (TPSA) is 62.7 Å². The Hall–Kier alpha value is -3.07. The highest BCUT2D eigenvalue weighted by Crippen LogP contribution is 2.37. The van der Waals surface area contributed by atoms with Gasteiger partial charge >= 0.3 is 12.1 Å². The molecule has 1 unspecified atom stereocenters. The van der Waals surface area contributed by atoms with Crippen molar-refractivity contribution in [2.75, 3.05) is 11.9 Å². The number of benzene rings is 2. The Morgan fingerprint density at radius 3 is 2.52 bits per heavy atom. The molecule has 0 radical (unpaired) electrons. The number of carbonyl (C=O) groups excluding carboxylic acids is 1. The van der Waals surface area contributed by atoms with Gasteiger partial charge in [-0.05, 0) is 49.7 Å². The predicted octanol–water partition coefficient (Wildman–Crippen LogP) is 5.45. The fourth-order valence-electron chi connectivity index (χ4n) is 3.06. The molecule has 0 saturated carbocycles. The molecular weight excluding hydrogens is 438 g/mol. The van der Waals surface area contributed by atoms with Gasteiger partial charge in [-0.1, -0.05) is 23.7 Å². The normalized spacial score (nSPS) is 16.5. The molecule has 1 aliphatic heterocycles. The maximum absolute atomic E-state index is 13.4. The van der Waals surface area contributed by atoms with Crippen molar-refractivity contribution in [2.45, 2.75) is 26.1 Å². The summed E-state index contributed by atoms with van der Waals surface area (Å²) in [5.41, 5.74) is 0.219. The zero-order chi connectivity index (χ0) is 22.8. The number of esters is 1. The number of guanidine groups is 1. The van der Waals surface area contributed by atoms with Crippen molar-refractivity contribution in [1.29, 1.82) is 0 Å². The maximum atomic E-state index is 13.4. The molecule has 1 aliphatic rings. The molecule has 0 spiro atoms. The number of hydrogen-bond donors (Lipinski definition) is 2. The Balaban J connectivity index is 1.98. The first-order valence-corrected chi connectivity index (χ1v) is 9.60. The van der Waals surface area contributed by atoms with Gasteiger partial charge in [-0.2, -0.15) is 13.2 Å². The lowest BCUT2D eigenvalue weighted by molar-refractivity contribution is -0.139. The van der Waals surface area contributed by atoms with Crippen molar-refractivity contribution in [3.63, 3.8) is 0 Å². The monoisotopic (exact) mass is 455 g/mol. The van der Waals surface area contributed by atoms with Crippen LogP contribution in [0.3, 0.4) is 0 Å². The van der Waals surface area contributed by atoms with E-state index in [1.165, 1.54) is 30.3 Å². The fraction of sp³-hybridized carbons (Fsp3) is 0.238. The van der Waals surface area contributed by atoms with E-state index in [9.17, 15) is 22.4 Å². The van der Waals surface area contributed by atoms with E-state index in [-0.39, 0.29) is 23.8 Å². The van der Waals surface area contributed by atoms with Crippen LogP contribution in [0.25, 0.3) is 0 Å². The van der Waals surface area contributed by atoms with Crippen LogP contribution < -0.4 is 10.6 Å². The van der Waals surface area contributed by atoms with Crippen molar-refractivity contribution >= 4 is 29.2 Å². The van der Waals surface area contributed by atoms with E-state index in [1.54, 1.807) is 13.8 Å². The van der Waals surface area contributed by atoms with E-state index < -0.39 is 34.6 Å². The summed E-state index contributed by atoms with van der Waals surface area (Å²) >= 11 is 5.66. The molecule has 10 heteroatoms. The number of anilines is 1. The van der Waals surface area contributed by atoms with E-state index in [4.69, 9.17) is 16.3 Å². The molecule has 3 rings (SSSR count). The average molecular weight is 456 g/mol. The predicted molar refractivity (Wildman–Crippen MR) is 109 cm³/mol. The van der Waals surface area contributed by atoms with Gasteiger partial charge in [0.1, 0.15) is 11.9 Å². The highest BCUT2D eigenvalue weighted by atomic mass is 35.5. The molecule has 164 valence electrons. The minimum absolute atomic E-state index is 0.0909. The number of aliphatic imine (C=N–C) groups is 1. The zero-order valence-corrected chi connectivity index (χ0v) is 17.2. The van der Waals surface area contributed by atoms with Crippen LogP contribution in [0, 0.1) is 5.82 Å². The molecule has 5 nitrogen and oxygen atoms in total. The van der Waals surface area contributed by atoms with Gasteiger partial charge in [-0.25, -0.2) is 14.2 Å². The quantitative estimate of drug-likeness (QED) is 0.475. The van der Waals surface area contributed by atoms with Crippen molar-refractivity contribution in [3.8, 4) is 0 Å². The SMILES string of the molecule is CCOC(=O)C1=C(C)NC(Nc2ccc(Cl)c(C(F)(F)F)c2)=NC1c1ccc(F)cc1. The Bertz CT molecular complexity index is 1050. The summed E-state index contributed by atoms with van der Waals surface area (Å²) in [6.45, 7) is 3.42. The smallest absolute Gasteiger partial charge is 0.417 e. The van der Waals surface area contributed by atoms with Crippen LogP contribution in [0.4, 0.5) is 23.2 Å². The van der Waals surface area contributed by atoms with Gasteiger partial charge < -0.3 is 15.4 Å². The summed E-state index contributed by atoms with van der Waals surface area (Å²) in [4.78, 5) is 16.9. The molecule has 0 amide bonds. The number of nitrogens with zero attached hydrogens (tertiary/aromatic N) is 1. The summed E-state index contributed by atoms with van der Waals surface area (Å²) in [6.07, 6.45) is -4.62. The van der Waals surface area contributed by atoms with Gasteiger partial charge in [0.25, 0.3) is 0 Å². The highest BCUT2D eigenvalue weighted by molar-refractivity contribution is 6.31. The summed E-state index contributed by atoms with van der Waals surface area (Å²) in [7, 11) is 0. The van der Waals surface area contributed by atoms with Crippen LogP contribution in [0.15, 0.2) is 58.7 Å².